The molecule has 0 radical (unpaired) electrons. The van der Waals surface area contributed by atoms with Gasteiger partial charge in [0, 0.05) is 24.7 Å². The van der Waals surface area contributed by atoms with Crippen LogP contribution in [0, 0.1) is 5.92 Å². The van der Waals surface area contributed by atoms with Gasteiger partial charge in [0.2, 0.25) is 0 Å². The van der Waals surface area contributed by atoms with Crippen molar-refractivity contribution in [1.82, 2.24) is 10.1 Å². The molecule has 1 heterocycles. The number of nitrogens with zero attached hydrogens (tertiary/aromatic N) is 2. The number of carbonyl (C=O) groups is 1. The number of hydrogen-bond acceptors (Lipinski definition) is 4. The van der Waals surface area contributed by atoms with Crippen LogP contribution in [0.3, 0.4) is 0 Å². The zero-order valence-electron chi connectivity index (χ0n) is 12.3. The fourth-order valence-electron chi connectivity index (χ4n) is 2.25. The van der Waals surface area contributed by atoms with Crippen molar-refractivity contribution in [1.29, 1.82) is 0 Å². The van der Waals surface area contributed by atoms with Crippen LogP contribution in [0.4, 0.5) is 0 Å². The second-order valence-corrected chi connectivity index (χ2v) is 5.51. The van der Waals surface area contributed by atoms with Gasteiger partial charge in [-0.05, 0) is 5.92 Å². The average molecular weight is 288 g/mol. The molecule has 0 aliphatic rings. The summed E-state index contributed by atoms with van der Waals surface area (Å²) in [4.78, 5) is 12.8. The predicted molar refractivity (Wildman–Crippen MR) is 79.7 cm³/mol. The number of carboxylic acid groups (broad SMARTS) is 1. The lowest BCUT2D eigenvalue weighted by Crippen LogP contribution is -2.32. The van der Waals surface area contributed by atoms with E-state index < -0.39 is 5.97 Å². The summed E-state index contributed by atoms with van der Waals surface area (Å²) in [6.07, 6.45) is 0. The smallest absolute Gasteiger partial charge is 0.317 e. The minimum atomic E-state index is -0.831. The molecule has 2 aromatic rings. The fourth-order valence-corrected chi connectivity index (χ4v) is 2.25. The van der Waals surface area contributed by atoms with Crippen LogP contribution in [0.5, 0.6) is 0 Å². The Kier molecular flexibility index (Phi) is 5.11. The highest BCUT2D eigenvalue weighted by atomic mass is 16.5. The van der Waals surface area contributed by atoms with E-state index >= 15 is 0 Å². The summed E-state index contributed by atoms with van der Waals surface area (Å²) in [5.74, 6) is 0.262. The summed E-state index contributed by atoms with van der Waals surface area (Å²) < 4.78 is 5.34. The lowest BCUT2D eigenvalue weighted by Gasteiger charge is -2.20. The molecule has 0 fully saturated rings. The molecule has 0 atom stereocenters. The molecule has 0 amide bonds. The van der Waals surface area contributed by atoms with Crippen LogP contribution >= 0.6 is 0 Å². The van der Waals surface area contributed by atoms with Gasteiger partial charge >= 0.3 is 5.97 Å². The molecule has 0 saturated heterocycles. The van der Waals surface area contributed by atoms with E-state index in [9.17, 15) is 4.79 Å². The Morgan fingerprint density at radius 2 is 2.05 bits per heavy atom. The van der Waals surface area contributed by atoms with E-state index in [2.05, 4.69) is 19.0 Å². The average Bonchev–Trinajstić information content (AvgIpc) is 2.86. The molecule has 21 heavy (non-hydrogen) atoms. The van der Waals surface area contributed by atoms with Crippen LogP contribution in [0.25, 0.3) is 11.3 Å². The fraction of sp³-hybridized carbons (Fsp3) is 0.375. The number of aromatic nitrogens is 1. The Morgan fingerprint density at radius 1 is 1.33 bits per heavy atom. The second-order valence-electron chi connectivity index (χ2n) is 5.51. The largest absolute Gasteiger partial charge is 0.480 e. The maximum Gasteiger partial charge on any atom is 0.317 e. The predicted octanol–water partition coefficient (Wildman–Crippen LogP) is 2.88. The van der Waals surface area contributed by atoms with Gasteiger partial charge in [-0.2, -0.15) is 0 Å². The van der Waals surface area contributed by atoms with Crippen molar-refractivity contribution >= 4 is 5.97 Å². The highest BCUT2D eigenvalue weighted by molar-refractivity contribution is 5.69. The van der Waals surface area contributed by atoms with Crippen LogP contribution in [-0.2, 0) is 11.3 Å². The molecule has 0 aliphatic carbocycles. The van der Waals surface area contributed by atoms with Crippen molar-refractivity contribution in [3.8, 4) is 11.3 Å². The van der Waals surface area contributed by atoms with Crippen molar-refractivity contribution in [3.63, 3.8) is 0 Å². The summed E-state index contributed by atoms with van der Waals surface area (Å²) in [5, 5.41) is 13.0. The van der Waals surface area contributed by atoms with Gasteiger partial charge in [0.1, 0.15) is 0 Å². The summed E-state index contributed by atoms with van der Waals surface area (Å²) in [7, 11) is 0. The SMILES string of the molecule is CC(C)CN(CC(=O)O)Cc1cc(-c2ccccc2)on1. The standard InChI is InChI=1S/C16H20N2O3/c1-12(2)9-18(11-16(19)20)10-14-8-15(21-17-14)13-6-4-3-5-7-13/h3-8,12H,9-11H2,1-2H3,(H,19,20). The van der Waals surface area contributed by atoms with Crippen molar-refractivity contribution in [2.24, 2.45) is 5.92 Å². The Balaban J connectivity index is 2.07. The third-order valence-corrected chi connectivity index (χ3v) is 2.99. The minimum Gasteiger partial charge on any atom is -0.480 e. The molecule has 112 valence electrons. The van der Waals surface area contributed by atoms with Gasteiger partial charge in [-0.1, -0.05) is 49.3 Å². The van der Waals surface area contributed by atoms with Crippen LogP contribution in [0.1, 0.15) is 19.5 Å². The van der Waals surface area contributed by atoms with Crippen molar-refractivity contribution in [3.05, 3.63) is 42.1 Å². The Labute approximate surface area is 124 Å². The Morgan fingerprint density at radius 3 is 2.67 bits per heavy atom. The number of benzene rings is 1. The quantitative estimate of drug-likeness (QED) is 0.848. The molecular weight excluding hydrogens is 268 g/mol. The van der Waals surface area contributed by atoms with Gasteiger partial charge in [-0.15, -0.1) is 0 Å². The van der Waals surface area contributed by atoms with Gasteiger partial charge in [0.05, 0.1) is 12.2 Å². The first-order valence-corrected chi connectivity index (χ1v) is 6.99. The topological polar surface area (TPSA) is 66.6 Å². The molecule has 0 saturated carbocycles. The molecule has 0 aliphatic heterocycles. The zero-order chi connectivity index (χ0) is 15.2. The lowest BCUT2D eigenvalue weighted by molar-refractivity contribution is -0.138. The number of hydrogen-bond donors (Lipinski definition) is 1. The molecule has 5 nitrogen and oxygen atoms in total. The molecule has 1 aromatic heterocycles. The third-order valence-electron chi connectivity index (χ3n) is 2.99. The van der Waals surface area contributed by atoms with Gasteiger partial charge < -0.3 is 9.63 Å². The first-order valence-electron chi connectivity index (χ1n) is 6.99. The monoisotopic (exact) mass is 288 g/mol. The van der Waals surface area contributed by atoms with Crippen LogP contribution in [0.15, 0.2) is 40.9 Å². The van der Waals surface area contributed by atoms with E-state index in [1.807, 2.05) is 41.3 Å². The molecule has 5 heteroatoms. The van der Waals surface area contributed by atoms with E-state index in [1.165, 1.54) is 0 Å². The molecule has 1 aromatic carbocycles. The minimum absolute atomic E-state index is 0.00566. The van der Waals surface area contributed by atoms with Crippen molar-refractivity contribution < 1.29 is 14.4 Å². The van der Waals surface area contributed by atoms with Gasteiger partial charge in [0.25, 0.3) is 0 Å². The van der Waals surface area contributed by atoms with Crippen molar-refractivity contribution in [2.45, 2.75) is 20.4 Å². The number of rotatable bonds is 7. The summed E-state index contributed by atoms with van der Waals surface area (Å²) >= 11 is 0. The Hall–Kier alpha value is -2.14. The van der Waals surface area contributed by atoms with E-state index in [0.717, 1.165) is 11.3 Å². The van der Waals surface area contributed by atoms with E-state index in [-0.39, 0.29) is 6.54 Å². The number of carboxylic acids is 1. The van der Waals surface area contributed by atoms with Crippen LogP contribution in [0.2, 0.25) is 0 Å². The van der Waals surface area contributed by atoms with Crippen LogP contribution < -0.4 is 0 Å². The first-order chi connectivity index (χ1) is 10.0. The molecule has 2 rings (SSSR count). The molecular formula is C16H20N2O3. The summed E-state index contributed by atoms with van der Waals surface area (Å²) in [6, 6.07) is 11.6. The van der Waals surface area contributed by atoms with Gasteiger partial charge in [-0.3, -0.25) is 9.69 Å². The molecule has 0 unspecified atom stereocenters. The highest BCUT2D eigenvalue weighted by Crippen LogP contribution is 2.20. The zero-order valence-corrected chi connectivity index (χ0v) is 12.3. The molecule has 0 bridgehead atoms. The van der Waals surface area contributed by atoms with Crippen molar-refractivity contribution in [2.75, 3.05) is 13.1 Å². The number of aliphatic carboxylic acids is 1. The third kappa shape index (κ3) is 4.72. The molecule has 1 N–H and O–H groups in total. The normalized spacial score (nSPS) is 11.2. The van der Waals surface area contributed by atoms with Crippen LogP contribution in [-0.4, -0.2) is 34.2 Å². The van der Waals surface area contributed by atoms with Gasteiger partial charge in [0.15, 0.2) is 5.76 Å². The second kappa shape index (κ2) is 7.04. The summed E-state index contributed by atoms with van der Waals surface area (Å²) in [5.41, 5.74) is 1.71. The maximum atomic E-state index is 10.9. The highest BCUT2D eigenvalue weighted by Gasteiger charge is 2.15. The first kappa shape index (κ1) is 15.3. The molecule has 0 spiro atoms. The van der Waals surface area contributed by atoms with E-state index in [0.29, 0.717) is 24.8 Å². The van der Waals surface area contributed by atoms with E-state index in [1.54, 1.807) is 0 Å². The lowest BCUT2D eigenvalue weighted by atomic mass is 10.1. The van der Waals surface area contributed by atoms with Gasteiger partial charge in [-0.25, -0.2) is 0 Å². The summed E-state index contributed by atoms with van der Waals surface area (Å²) in [6.45, 7) is 5.31. The van der Waals surface area contributed by atoms with E-state index in [4.69, 9.17) is 9.63 Å². The Bertz CT molecular complexity index is 578. The maximum absolute atomic E-state index is 10.9.